The van der Waals surface area contributed by atoms with Crippen molar-refractivity contribution in [2.45, 2.75) is 30.5 Å². The van der Waals surface area contributed by atoms with Crippen LogP contribution >= 0.6 is 11.8 Å². The van der Waals surface area contributed by atoms with Crippen LogP contribution in [0.5, 0.6) is 0 Å². The normalized spacial score (nSPS) is 14.6. The molecule has 1 rings (SSSR count). The summed E-state index contributed by atoms with van der Waals surface area (Å²) in [4.78, 5) is 7.09. The van der Waals surface area contributed by atoms with E-state index < -0.39 is 5.54 Å². The van der Waals surface area contributed by atoms with Crippen molar-refractivity contribution in [3.63, 3.8) is 0 Å². The van der Waals surface area contributed by atoms with Crippen LogP contribution in [0.2, 0.25) is 0 Å². The van der Waals surface area contributed by atoms with Crippen molar-refractivity contribution in [2.75, 3.05) is 5.75 Å². The van der Waals surface area contributed by atoms with Crippen molar-refractivity contribution in [1.82, 2.24) is 9.97 Å². The highest BCUT2D eigenvalue weighted by Crippen LogP contribution is 2.16. The van der Waals surface area contributed by atoms with Gasteiger partial charge in [0, 0.05) is 18.1 Å². The second-order valence-electron chi connectivity index (χ2n) is 3.38. The number of thioether (sulfide) groups is 1. The lowest BCUT2D eigenvalue weighted by Gasteiger charge is -2.13. The van der Waals surface area contributed by atoms with Crippen LogP contribution in [0, 0.1) is 11.3 Å². The first-order valence-corrected chi connectivity index (χ1v) is 5.45. The van der Waals surface area contributed by atoms with Gasteiger partial charge in [-0.1, -0.05) is 11.8 Å². The number of hydrogen-bond acceptors (Lipinski definition) is 4. The molecule has 1 atom stereocenters. The summed E-state index contributed by atoms with van der Waals surface area (Å²) in [6, 6.07) is 2.08. The standard InChI is InChI=1S/C9H14N4S/c1-9(11,7-10)3-2-6-14-8-12-4-5-13-8/h4-5H,2-3,6,11H2,1H3,(H,12,13). The minimum Gasteiger partial charge on any atom is -0.340 e. The zero-order chi connectivity index (χ0) is 10.4. The third-order valence-electron chi connectivity index (χ3n) is 1.81. The molecule has 0 aliphatic heterocycles. The molecule has 0 aliphatic rings. The highest BCUT2D eigenvalue weighted by atomic mass is 32.2. The number of aromatic amines is 1. The molecule has 76 valence electrons. The molecule has 0 saturated heterocycles. The van der Waals surface area contributed by atoms with Gasteiger partial charge in [-0.05, 0) is 19.8 Å². The van der Waals surface area contributed by atoms with Crippen LogP contribution in [-0.2, 0) is 0 Å². The molecule has 0 aliphatic carbocycles. The van der Waals surface area contributed by atoms with Gasteiger partial charge in [0.25, 0.3) is 0 Å². The Kier molecular flexibility index (Phi) is 3.98. The molecule has 0 bridgehead atoms. The summed E-state index contributed by atoms with van der Waals surface area (Å²) in [6.07, 6.45) is 5.17. The fraction of sp³-hybridized carbons (Fsp3) is 0.556. The van der Waals surface area contributed by atoms with E-state index in [0.29, 0.717) is 0 Å². The van der Waals surface area contributed by atoms with Gasteiger partial charge in [-0.3, -0.25) is 0 Å². The fourth-order valence-electron chi connectivity index (χ4n) is 0.994. The van der Waals surface area contributed by atoms with Gasteiger partial charge >= 0.3 is 0 Å². The van der Waals surface area contributed by atoms with Gasteiger partial charge in [-0.15, -0.1) is 0 Å². The van der Waals surface area contributed by atoms with Gasteiger partial charge in [0.1, 0.15) is 5.54 Å². The topological polar surface area (TPSA) is 78.5 Å². The van der Waals surface area contributed by atoms with Crippen molar-refractivity contribution in [2.24, 2.45) is 5.73 Å². The number of nitrogens with two attached hydrogens (primary N) is 1. The van der Waals surface area contributed by atoms with Crippen LogP contribution in [0.1, 0.15) is 19.8 Å². The van der Waals surface area contributed by atoms with E-state index in [-0.39, 0.29) is 0 Å². The van der Waals surface area contributed by atoms with E-state index in [0.717, 1.165) is 23.8 Å². The van der Waals surface area contributed by atoms with Crippen LogP contribution in [0.25, 0.3) is 0 Å². The lowest BCUT2D eigenvalue weighted by molar-refractivity contribution is 0.540. The summed E-state index contributed by atoms with van der Waals surface area (Å²) >= 11 is 1.65. The minimum atomic E-state index is -0.691. The first kappa shape index (κ1) is 11.1. The Balaban J connectivity index is 2.15. The van der Waals surface area contributed by atoms with Crippen molar-refractivity contribution < 1.29 is 0 Å². The van der Waals surface area contributed by atoms with Crippen LogP contribution in [0.3, 0.4) is 0 Å². The molecule has 0 fully saturated rings. The molecule has 3 N–H and O–H groups in total. The third-order valence-corrected chi connectivity index (χ3v) is 2.80. The van der Waals surface area contributed by atoms with Gasteiger partial charge in [0.2, 0.25) is 0 Å². The summed E-state index contributed by atoms with van der Waals surface area (Å²) < 4.78 is 0. The average Bonchev–Trinajstić information content (AvgIpc) is 2.65. The minimum absolute atomic E-state index is 0.691. The van der Waals surface area contributed by atoms with Crippen LogP contribution < -0.4 is 5.73 Å². The Hall–Kier alpha value is -0.990. The maximum Gasteiger partial charge on any atom is 0.165 e. The molecule has 1 aromatic heterocycles. The molecule has 4 nitrogen and oxygen atoms in total. The second-order valence-corrected chi connectivity index (χ2v) is 4.46. The summed E-state index contributed by atoms with van der Waals surface area (Å²) in [6.45, 7) is 1.75. The Bertz CT molecular complexity index is 299. The van der Waals surface area contributed by atoms with E-state index in [4.69, 9.17) is 11.0 Å². The number of aromatic nitrogens is 2. The molecule has 1 heterocycles. The Morgan fingerprint density at radius 3 is 3.14 bits per heavy atom. The molecule has 14 heavy (non-hydrogen) atoms. The predicted molar refractivity (Wildman–Crippen MR) is 56.8 cm³/mol. The lowest BCUT2D eigenvalue weighted by Crippen LogP contribution is -2.33. The molecule has 0 spiro atoms. The van der Waals surface area contributed by atoms with Gasteiger partial charge in [-0.2, -0.15) is 5.26 Å². The molecule has 0 radical (unpaired) electrons. The van der Waals surface area contributed by atoms with E-state index in [1.54, 1.807) is 31.1 Å². The predicted octanol–water partition coefficient (Wildman–Crippen LogP) is 1.52. The van der Waals surface area contributed by atoms with Crippen molar-refractivity contribution >= 4 is 11.8 Å². The molecule has 1 unspecified atom stereocenters. The summed E-state index contributed by atoms with van der Waals surface area (Å²) in [7, 11) is 0. The summed E-state index contributed by atoms with van der Waals surface area (Å²) in [5.74, 6) is 0.933. The van der Waals surface area contributed by atoms with Crippen molar-refractivity contribution in [1.29, 1.82) is 5.26 Å². The van der Waals surface area contributed by atoms with E-state index in [1.165, 1.54) is 0 Å². The van der Waals surface area contributed by atoms with Crippen LogP contribution in [-0.4, -0.2) is 21.3 Å². The number of hydrogen-bond donors (Lipinski definition) is 2. The molecule has 5 heteroatoms. The first-order valence-electron chi connectivity index (χ1n) is 4.46. The molecular weight excluding hydrogens is 196 g/mol. The van der Waals surface area contributed by atoms with E-state index in [9.17, 15) is 0 Å². The van der Waals surface area contributed by atoms with Gasteiger partial charge in [0.05, 0.1) is 6.07 Å². The second kappa shape index (κ2) is 5.03. The lowest BCUT2D eigenvalue weighted by atomic mass is 10.0. The monoisotopic (exact) mass is 210 g/mol. The molecule has 0 amide bonds. The van der Waals surface area contributed by atoms with Gasteiger partial charge in [0.15, 0.2) is 5.16 Å². The Labute approximate surface area is 87.9 Å². The quantitative estimate of drug-likeness (QED) is 0.570. The third kappa shape index (κ3) is 3.81. The number of H-pyrrole nitrogens is 1. The Morgan fingerprint density at radius 2 is 2.57 bits per heavy atom. The maximum atomic E-state index is 8.68. The zero-order valence-electron chi connectivity index (χ0n) is 8.16. The molecule has 0 saturated carbocycles. The number of rotatable bonds is 5. The van der Waals surface area contributed by atoms with E-state index >= 15 is 0 Å². The molecular formula is C9H14N4S. The number of nitriles is 1. The summed E-state index contributed by atoms with van der Waals surface area (Å²) in [5.41, 5.74) is 4.99. The van der Waals surface area contributed by atoms with Gasteiger partial charge in [-0.25, -0.2) is 4.98 Å². The SMILES string of the molecule is CC(N)(C#N)CCCSc1ncc[nH]1. The number of nitrogens with one attached hydrogen (secondary N) is 1. The zero-order valence-corrected chi connectivity index (χ0v) is 8.97. The number of nitrogens with zero attached hydrogens (tertiary/aromatic N) is 2. The van der Waals surface area contributed by atoms with E-state index in [2.05, 4.69) is 16.0 Å². The van der Waals surface area contributed by atoms with Crippen molar-refractivity contribution in [3.8, 4) is 6.07 Å². The highest BCUT2D eigenvalue weighted by Gasteiger charge is 2.15. The summed E-state index contributed by atoms with van der Waals surface area (Å²) in [5, 5.41) is 9.59. The van der Waals surface area contributed by atoms with Crippen LogP contribution in [0.15, 0.2) is 17.6 Å². The van der Waals surface area contributed by atoms with E-state index in [1.807, 2.05) is 0 Å². The molecule has 0 aromatic carbocycles. The first-order chi connectivity index (χ1) is 6.64. The highest BCUT2D eigenvalue weighted by molar-refractivity contribution is 7.99. The fourth-order valence-corrected chi connectivity index (χ4v) is 1.76. The number of imidazole rings is 1. The average molecular weight is 210 g/mol. The maximum absolute atomic E-state index is 8.68. The molecule has 1 aromatic rings. The smallest absolute Gasteiger partial charge is 0.165 e. The van der Waals surface area contributed by atoms with Crippen molar-refractivity contribution in [3.05, 3.63) is 12.4 Å². The largest absolute Gasteiger partial charge is 0.340 e. The van der Waals surface area contributed by atoms with Crippen LogP contribution in [0.4, 0.5) is 0 Å². The van der Waals surface area contributed by atoms with Gasteiger partial charge < -0.3 is 10.7 Å². The Morgan fingerprint density at radius 1 is 1.79 bits per heavy atom.